The molecular formula is C8H13FN2O. The Morgan fingerprint density at radius 3 is 2.83 bits per heavy atom. The Bertz CT molecular complexity index is 189. The maximum Gasteiger partial charge on any atom is 0.318 e. The zero-order chi connectivity index (χ0) is 9.40. The van der Waals surface area contributed by atoms with Crippen molar-refractivity contribution < 1.29 is 9.18 Å². The zero-order valence-electron chi connectivity index (χ0n) is 7.06. The van der Waals surface area contributed by atoms with E-state index in [0.717, 1.165) is 12.5 Å². The van der Waals surface area contributed by atoms with Gasteiger partial charge < -0.3 is 10.6 Å². The molecule has 0 aliphatic heterocycles. The fraction of sp³-hybridized carbons (Fsp3) is 0.375. The maximum absolute atomic E-state index is 12.0. The SMILES string of the molecule is C=C(F)/C=C/NC(=O)NCCC. The molecule has 0 heterocycles. The van der Waals surface area contributed by atoms with Crippen LogP contribution >= 0.6 is 0 Å². The molecule has 0 radical (unpaired) electrons. The Morgan fingerprint density at radius 2 is 2.33 bits per heavy atom. The number of rotatable bonds is 4. The van der Waals surface area contributed by atoms with Crippen LogP contribution in [0, 0.1) is 0 Å². The van der Waals surface area contributed by atoms with Gasteiger partial charge in [-0.3, -0.25) is 0 Å². The number of allylic oxidation sites excluding steroid dienone is 2. The smallest absolute Gasteiger partial charge is 0.318 e. The topological polar surface area (TPSA) is 41.1 Å². The Morgan fingerprint density at radius 1 is 1.67 bits per heavy atom. The molecule has 0 bridgehead atoms. The van der Waals surface area contributed by atoms with Crippen LogP contribution in [0.25, 0.3) is 0 Å². The van der Waals surface area contributed by atoms with Gasteiger partial charge in [-0.1, -0.05) is 13.5 Å². The van der Waals surface area contributed by atoms with Gasteiger partial charge in [0.1, 0.15) is 5.83 Å². The van der Waals surface area contributed by atoms with Gasteiger partial charge in [-0.05, 0) is 12.5 Å². The minimum atomic E-state index is -0.592. The van der Waals surface area contributed by atoms with Gasteiger partial charge in [0.05, 0.1) is 0 Å². The summed E-state index contributed by atoms with van der Waals surface area (Å²) in [5.41, 5.74) is 0. The number of carbonyl (C=O) groups is 1. The average Bonchev–Trinajstić information content (AvgIpc) is 2.00. The summed E-state index contributed by atoms with van der Waals surface area (Å²) < 4.78 is 12.0. The van der Waals surface area contributed by atoms with Gasteiger partial charge in [0.15, 0.2) is 0 Å². The van der Waals surface area contributed by atoms with Crippen LogP contribution < -0.4 is 10.6 Å². The molecule has 0 aromatic carbocycles. The second-order valence-electron chi connectivity index (χ2n) is 2.18. The Labute approximate surface area is 71.3 Å². The predicted octanol–water partition coefficient (Wildman–Crippen LogP) is 1.69. The third-order valence-corrected chi connectivity index (χ3v) is 1.01. The molecule has 0 aliphatic rings. The van der Waals surface area contributed by atoms with Crippen molar-refractivity contribution in [3.63, 3.8) is 0 Å². The number of hydrogen-bond donors (Lipinski definition) is 2. The average molecular weight is 172 g/mol. The van der Waals surface area contributed by atoms with E-state index in [2.05, 4.69) is 17.2 Å². The summed E-state index contributed by atoms with van der Waals surface area (Å²) >= 11 is 0. The standard InChI is InChI=1S/C8H13FN2O/c1-3-5-10-8(12)11-6-4-7(2)9/h4,6H,2-3,5H2,1H3,(H2,10,11,12)/b6-4+. The minimum Gasteiger partial charge on any atom is -0.338 e. The Hall–Kier alpha value is -1.32. The van der Waals surface area contributed by atoms with Crippen LogP contribution in [0.15, 0.2) is 24.7 Å². The normalized spacial score (nSPS) is 9.83. The van der Waals surface area contributed by atoms with Gasteiger partial charge in [0.25, 0.3) is 0 Å². The van der Waals surface area contributed by atoms with Crippen molar-refractivity contribution in [1.29, 1.82) is 0 Å². The number of halogens is 1. The van der Waals surface area contributed by atoms with Crippen LogP contribution in [-0.4, -0.2) is 12.6 Å². The van der Waals surface area contributed by atoms with Crippen molar-refractivity contribution in [1.82, 2.24) is 10.6 Å². The van der Waals surface area contributed by atoms with E-state index in [9.17, 15) is 9.18 Å². The molecule has 0 saturated heterocycles. The predicted molar refractivity (Wildman–Crippen MR) is 46.2 cm³/mol. The Kier molecular flexibility index (Phi) is 5.69. The first-order chi connectivity index (χ1) is 5.66. The fourth-order valence-corrected chi connectivity index (χ4v) is 0.497. The highest BCUT2D eigenvalue weighted by Gasteiger charge is 1.92. The van der Waals surface area contributed by atoms with Crippen molar-refractivity contribution in [2.24, 2.45) is 0 Å². The van der Waals surface area contributed by atoms with Gasteiger partial charge in [-0.15, -0.1) is 0 Å². The van der Waals surface area contributed by atoms with Crippen LogP contribution in [0.3, 0.4) is 0 Å². The highest BCUT2D eigenvalue weighted by Crippen LogP contribution is 1.89. The Balaban J connectivity index is 3.50. The fourth-order valence-electron chi connectivity index (χ4n) is 0.497. The second-order valence-corrected chi connectivity index (χ2v) is 2.18. The number of hydrogen-bond acceptors (Lipinski definition) is 1. The van der Waals surface area contributed by atoms with Gasteiger partial charge in [0.2, 0.25) is 0 Å². The summed E-state index contributed by atoms with van der Waals surface area (Å²) in [7, 11) is 0. The van der Waals surface area contributed by atoms with E-state index in [-0.39, 0.29) is 6.03 Å². The van der Waals surface area contributed by atoms with Gasteiger partial charge >= 0.3 is 6.03 Å². The highest BCUT2D eigenvalue weighted by molar-refractivity contribution is 5.74. The van der Waals surface area contributed by atoms with Crippen LogP contribution in [0.1, 0.15) is 13.3 Å². The summed E-state index contributed by atoms with van der Waals surface area (Å²) in [4.78, 5) is 10.8. The van der Waals surface area contributed by atoms with Gasteiger partial charge in [-0.25, -0.2) is 9.18 Å². The molecule has 12 heavy (non-hydrogen) atoms. The van der Waals surface area contributed by atoms with E-state index in [1.54, 1.807) is 0 Å². The first-order valence-corrected chi connectivity index (χ1v) is 3.72. The first kappa shape index (κ1) is 10.7. The summed E-state index contributed by atoms with van der Waals surface area (Å²) in [6.45, 7) is 5.54. The van der Waals surface area contributed by atoms with Crippen molar-refractivity contribution >= 4 is 6.03 Å². The van der Waals surface area contributed by atoms with Crippen molar-refractivity contribution in [3.05, 3.63) is 24.7 Å². The molecule has 4 heteroatoms. The molecule has 0 aliphatic carbocycles. The van der Waals surface area contributed by atoms with Crippen LogP contribution in [0.5, 0.6) is 0 Å². The summed E-state index contributed by atoms with van der Waals surface area (Å²) in [6, 6.07) is -0.339. The minimum absolute atomic E-state index is 0.339. The molecule has 0 fully saturated rings. The first-order valence-electron chi connectivity index (χ1n) is 3.72. The molecule has 0 aromatic heterocycles. The van der Waals surface area contributed by atoms with Crippen molar-refractivity contribution in [3.8, 4) is 0 Å². The molecule has 0 aromatic rings. The maximum atomic E-state index is 12.0. The monoisotopic (exact) mass is 172 g/mol. The van der Waals surface area contributed by atoms with E-state index < -0.39 is 5.83 Å². The van der Waals surface area contributed by atoms with E-state index >= 15 is 0 Å². The molecule has 68 valence electrons. The lowest BCUT2D eigenvalue weighted by molar-refractivity contribution is 0.244. The quantitative estimate of drug-likeness (QED) is 0.622. The lowest BCUT2D eigenvalue weighted by atomic mass is 10.5. The van der Waals surface area contributed by atoms with E-state index in [0.29, 0.717) is 6.54 Å². The van der Waals surface area contributed by atoms with E-state index in [1.165, 1.54) is 6.20 Å². The van der Waals surface area contributed by atoms with Gasteiger partial charge in [0, 0.05) is 12.7 Å². The molecule has 2 N–H and O–H groups in total. The summed E-state index contributed by atoms with van der Waals surface area (Å²) in [5, 5.41) is 4.87. The number of nitrogens with one attached hydrogen (secondary N) is 2. The van der Waals surface area contributed by atoms with Crippen LogP contribution in [0.2, 0.25) is 0 Å². The summed E-state index contributed by atoms with van der Waals surface area (Å²) in [6.07, 6.45) is 3.14. The van der Waals surface area contributed by atoms with Crippen molar-refractivity contribution in [2.75, 3.05) is 6.54 Å². The number of urea groups is 1. The van der Waals surface area contributed by atoms with Crippen molar-refractivity contribution in [2.45, 2.75) is 13.3 Å². The molecule has 0 unspecified atom stereocenters. The molecule has 2 amide bonds. The molecular weight excluding hydrogens is 159 g/mol. The summed E-state index contributed by atoms with van der Waals surface area (Å²) in [5.74, 6) is -0.592. The lowest BCUT2D eigenvalue weighted by Crippen LogP contribution is -2.32. The molecule has 0 atom stereocenters. The second kappa shape index (κ2) is 6.39. The highest BCUT2D eigenvalue weighted by atomic mass is 19.1. The lowest BCUT2D eigenvalue weighted by Gasteiger charge is -2.00. The van der Waals surface area contributed by atoms with Crippen LogP contribution in [0.4, 0.5) is 9.18 Å². The largest absolute Gasteiger partial charge is 0.338 e. The number of amides is 2. The zero-order valence-corrected chi connectivity index (χ0v) is 7.06. The molecule has 3 nitrogen and oxygen atoms in total. The van der Waals surface area contributed by atoms with Crippen LogP contribution in [-0.2, 0) is 0 Å². The third kappa shape index (κ3) is 6.80. The molecule has 0 saturated carbocycles. The van der Waals surface area contributed by atoms with E-state index in [1.807, 2.05) is 6.92 Å². The van der Waals surface area contributed by atoms with Gasteiger partial charge in [-0.2, -0.15) is 0 Å². The molecule has 0 rings (SSSR count). The number of carbonyl (C=O) groups excluding carboxylic acids is 1. The third-order valence-electron chi connectivity index (χ3n) is 1.01. The molecule has 0 spiro atoms. The van der Waals surface area contributed by atoms with E-state index in [4.69, 9.17) is 0 Å².